The zero-order valence-electron chi connectivity index (χ0n) is 15.5. The molecule has 7 nitrogen and oxygen atoms in total. The van der Waals surface area contributed by atoms with Crippen molar-refractivity contribution in [2.75, 3.05) is 26.2 Å². The minimum atomic E-state index is -0.0807. The van der Waals surface area contributed by atoms with Crippen molar-refractivity contribution in [3.8, 4) is 5.69 Å². The highest BCUT2D eigenvalue weighted by Gasteiger charge is 2.32. The normalized spacial score (nSPS) is 20.5. The summed E-state index contributed by atoms with van der Waals surface area (Å²) < 4.78 is 1.74. The van der Waals surface area contributed by atoms with Gasteiger partial charge in [0, 0.05) is 26.2 Å². The SMILES string of the molecule is O=C(c1ccccc1-n1cnnc1)N1CCC[C@H](C(=O)N2CCCCC2)C1. The van der Waals surface area contributed by atoms with E-state index in [2.05, 4.69) is 10.2 Å². The van der Waals surface area contributed by atoms with Gasteiger partial charge in [-0.05, 0) is 44.2 Å². The monoisotopic (exact) mass is 367 g/mol. The summed E-state index contributed by atoms with van der Waals surface area (Å²) in [4.78, 5) is 29.9. The van der Waals surface area contributed by atoms with Crippen molar-refractivity contribution >= 4 is 11.8 Å². The van der Waals surface area contributed by atoms with Crippen molar-refractivity contribution in [1.82, 2.24) is 24.6 Å². The van der Waals surface area contributed by atoms with E-state index in [0.29, 0.717) is 18.7 Å². The summed E-state index contributed by atoms with van der Waals surface area (Å²) in [5, 5.41) is 7.67. The van der Waals surface area contributed by atoms with Gasteiger partial charge in [0.2, 0.25) is 5.91 Å². The van der Waals surface area contributed by atoms with Crippen molar-refractivity contribution in [3.05, 3.63) is 42.5 Å². The second-order valence-electron chi connectivity index (χ2n) is 7.36. The van der Waals surface area contributed by atoms with E-state index in [9.17, 15) is 9.59 Å². The maximum atomic E-state index is 13.2. The third-order valence-electron chi connectivity index (χ3n) is 5.56. The van der Waals surface area contributed by atoms with Crippen molar-refractivity contribution < 1.29 is 9.59 Å². The molecule has 0 saturated carbocycles. The van der Waals surface area contributed by atoms with Crippen LogP contribution in [0.15, 0.2) is 36.9 Å². The van der Waals surface area contributed by atoms with Gasteiger partial charge in [0.05, 0.1) is 17.2 Å². The van der Waals surface area contributed by atoms with Crippen LogP contribution < -0.4 is 0 Å². The van der Waals surface area contributed by atoms with Crippen LogP contribution in [0.3, 0.4) is 0 Å². The molecule has 2 aliphatic heterocycles. The first kappa shape index (κ1) is 17.7. The van der Waals surface area contributed by atoms with Gasteiger partial charge >= 0.3 is 0 Å². The van der Waals surface area contributed by atoms with Gasteiger partial charge in [-0.2, -0.15) is 0 Å². The van der Waals surface area contributed by atoms with Crippen molar-refractivity contribution in [3.63, 3.8) is 0 Å². The molecule has 0 N–H and O–H groups in total. The fourth-order valence-corrected chi connectivity index (χ4v) is 4.11. The summed E-state index contributed by atoms with van der Waals surface area (Å²) in [6.07, 6.45) is 8.30. The standard InChI is InChI=1S/C20H25N5O2/c26-19(23-10-4-1-5-11-23)16-7-6-12-24(13-16)20(27)17-8-2-3-9-18(17)25-14-21-22-15-25/h2-3,8-9,14-16H,1,4-7,10-13H2/t16-/m0/s1. The van der Waals surface area contributed by atoms with Crippen LogP contribution in [0.2, 0.25) is 0 Å². The summed E-state index contributed by atoms with van der Waals surface area (Å²) in [6, 6.07) is 7.47. The van der Waals surface area contributed by atoms with E-state index in [1.807, 2.05) is 34.1 Å². The van der Waals surface area contributed by atoms with Crippen molar-refractivity contribution in [2.24, 2.45) is 5.92 Å². The molecule has 7 heteroatoms. The Balaban J connectivity index is 1.50. The Bertz CT molecular complexity index is 798. The number of aromatic nitrogens is 3. The van der Waals surface area contributed by atoms with E-state index in [4.69, 9.17) is 0 Å². The number of rotatable bonds is 3. The molecule has 0 bridgehead atoms. The number of benzene rings is 1. The van der Waals surface area contributed by atoms with Gasteiger partial charge in [0.1, 0.15) is 12.7 Å². The van der Waals surface area contributed by atoms with E-state index >= 15 is 0 Å². The zero-order chi connectivity index (χ0) is 18.6. The average molecular weight is 367 g/mol. The molecule has 3 heterocycles. The van der Waals surface area contributed by atoms with Crippen LogP contribution in [-0.4, -0.2) is 62.6 Å². The molecule has 1 aromatic carbocycles. The zero-order valence-corrected chi connectivity index (χ0v) is 15.5. The smallest absolute Gasteiger partial charge is 0.256 e. The van der Waals surface area contributed by atoms with Crippen LogP contribution in [0.4, 0.5) is 0 Å². The first-order chi connectivity index (χ1) is 13.2. The van der Waals surface area contributed by atoms with Gasteiger partial charge in [-0.1, -0.05) is 12.1 Å². The Labute approximate surface area is 159 Å². The van der Waals surface area contributed by atoms with E-state index in [0.717, 1.165) is 44.5 Å². The van der Waals surface area contributed by atoms with Crippen LogP contribution in [0.1, 0.15) is 42.5 Å². The molecule has 2 saturated heterocycles. The number of piperidine rings is 2. The Morgan fingerprint density at radius 1 is 0.889 bits per heavy atom. The Hall–Kier alpha value is -2.70. The lowest BCUT2D eigenvalue weighted by Gasteiger charge is -2.36. The molecular weight excluding hydrogens is 342 g/mol. The molecule has 0 radical (unpaired) electrons. The number of carbonyl (C=O) groups is 2. The molecule has 1 aromatic heterocycles. The lowest BCUT2D eigenvalue weighted by Crippen LogP contribution is -2.48. The van der Waals surface area contributed by atoms with Crippen LogP contribution in [-0.2, 0) is 4.79 Å². The first-order valence-corrected chi connectivity index (χ1v) is 9.76. The molecule has 0 spiro atoms. The van der Waals surface area contributed by atoms with Crippen LogP contribution >= 0.6 is 0 Å². The lowest BCUT2D eigenvalue weighted by molar-refractivity contribution is -0.137. The number of amides is 2. The molecule has 4 rings (SSSR count). The van der Waals surface area contributed by atoms with E-state index in [1.165, 1.54) is 6.42 Å². The third kappa shape index (κ3) is 3.72. The summed E-state index contributed by atoms with van der Waals surface area (Å²) >= 11 is 0. The number of hydrogen-bond acceptors (Lipinski definition) is 4. The fraction of sp³-hybridized carbons (Fsp3) is 0.500. The summed E-state index contributed by atoms with van der Waals surface area (Å²) in [6.45, 7) is 2.92. The average Bonchev–Trinajstić information content (AvgIpc) is 3.28. The van der Waals surface area contributed by atoms with Crippen molar-refractivity contribution in [2.45, 2.75) is 32.1 Å². The van der Waals surface area contributed by atoms with Crippen LogP contribution in [0.25, 0.3) is 5.69 Å². The maximum absolute atomic E-state index is 13.2. The number of likely N-dealkylation sites (tertiary alicyclic amines) is 2. The highest BCUT2D eigenvalue weighted by Crippen LogP contribution is 2.24. The predicted octanol–water partition coefficient (Wildman–Crippen LogP) is 2.13. The van der Waals surface area contributed by atoms with E-state index < -0.39 is 0 Å². The van der Waals surface area contributed by atoms with Crippen LogP contribution in [0, 0.1) is 5.92 Å². The van der Waals surface area contributed by atoms with E-state index in [-0.39, 0.29) is 17.7 Å². The molecule has 2 fully saturated rings. The quantitative estimate of drug-likeness (QED) is 0.833. The van der Waals surface area contributed by atoms with Crippen LogP contribution in [0.5, 0.6) is 0 Å². The molecule has 2 amide bonds. The second kappa shape index (κ2) is 7.90. The summed E-state index contributed by atoms with van der Waals surface area (Å²) in [7, 11) is 0. The topological polar surface area (TPSA) is 71.3 Å². The Morgan fingerprint density at radius 3 is 2.37 bits per heavy atom. The maximum Gasteiger partial charge on any atom is 0.256 e. The van der Waals surface area contributed by atoms with E-state index in [1.54, 1.807) is 17.2 Å². The van der Waals surface area contributed by atoms with Gasteiger partial charge < -0.3 is 9.80 Å². The summed E-state index contributed by atoms with van der Waals surface area (Å²) in [5.41, 5.74) is 1.38. The molecule has 27 heavy (non-hydrogen) atoms. The minimum absolute atomic E-state index is 0.0320. The number of carbonyl (C=O) groups excluding carboxylic acids is 2. The number of nitrogens with zero attached hydrogens (tertiary/aromatic N) is 5. The largest absolute Gasteiger partial charge is 0.342 e. The fourth-order valence-electron chi connectivity index (χ4n) is 4.11. The molecule has 1 atom stereocenters. The molecule has 2 aromatic rings. The highest BCUT2D eigenvalue weighted by atomic mass is 16.2. The predicted molar refractivity (Wildman–Crippen MR) is 100 cm³/mol. The van der Waals surface area contributed by atoms with Gasteiger partial charge in [-0.3, -0.25) is 14.2 Å². The Kier molecular flexibility index (Phi) is 5.18. The lowest BCUT2D eigenvalue weighted by atomic mass is 9.94. The highest BCUT2D eigenvalue weighted by molar-refractivity contribution is 5.98. The number of para-hydroxylation sites is 1. The van der Waals surface area contributed by atoms with Gasteiger partial charge in [0.25, 0.3) is 5.91 Å². The minimum Gasteiger partial charge on any atom is -0.342 e. The Morgan fingerprint density at radius 2 is 1.59 bits per heavy atom. The molecule has 142 valence electrons. The summed E-state index contributed by atoms with van der Waals surface area (Å²) in [5.74, 6) is 0.109. The van der Waals surface area contributed by atoms with Gasteiger partial charge in [0.15, 0.2) is 0 Å². The second-order valence-corrected chi connectivity index (χ2v) is 7.36. The molecule has 0 unspecified atom stereocenters. The molecule has 0 aliphatic carbocycles. The first-order valence-electron chi connectivity index (χ1n) is 9.76. The molecular formula is C20H25N5O2. The van der Waals surface area contributed by atoms with Gasteiger partial charge in [-0.25, -0.2) is 0 Å². The van der Waals surface area contributed by atoms with Crippen molar-refractivity contribution in [1.29, 1.82) is 0 Å². The van der Waals surface area contributed by atoms with Gasteiger partial charge in [-0.15, -0.1) is 10.2 Å². The number of hydrogen-bond donors (Lipinski definition) is 0. The molecule has 2 aliphatic rings. The third-order valence-corrected chi connectivity index (χ3v) is 5.56.